The lowest BCUT2D eigenvalue weighted by Gasteiger charge is -2.36. The number of ether oxygens (including phenoxy) is 1. The SMILES string of the molecule is Nc1ccc(N2CCOCC2CO)cc1C(F)(F)F. The maximum Gasteiger partial charge on any atom is 0.418 e. The molecule has 0 saturated carbocycles. The molecule has 1 unspecified atom stereocenters. The number of nitrogens with zero attached hydrogens (tertiary/aromatic N) is 1. The molecule has 7 heteroatoms. The second-order valence-corrected chi connectivity index (χ2v) is 4.37. The Morgan fingerprint density at radius 1 is 1.42 bits per heavy atom. The number of benzene rings is 1. The minimum Gasteiger partial charge on any atom is -0.398 e. The summed E-state index contributed by atoms with van der Waals surface area (Å²) in [6.07, 6.45) is -4.49. The van der Waals surface area contributed by atoms with E-state index < -0.39 is 11.7 Å². The van der Waals surface area contributed by atoms with Gasteiger partial charge >= 0.3 is 6.18 Å². The number of nitrogens with two attached hydrogens (primary N) is 1. The van der Waals surface area contributed by atoms with Gasteiger partial charge < -0.3 is 20.5 Å². The number of aliphatic hydroxyl groups is 1. The molecule has 0 radical (unpaired) electrons. The van der Waals surface area contributed by atoms with E-state index in [0.717, 1.165) is 6.07 Å². The van der Waals surface area contributed by atoms with Crippen LogP contribution < -0.4 is 10.6 Å². The van der Waals surface area contributed by atoms with Crippen molar-refractivity contribution < 1.29 is 23.0 Å². The summed E-state index contributed by atoms with van der Waals surface area (Å²) in [6, 6.07) is 3.45. The second kappa shape index (κ2) is 5.26. The molecule has 0 bridgehead atoms. The molecule has 0 aromatic heterocycles. The van der Waals surface area contributed by atoms with E-state index in [0.29, 0.717) is 25.4 Å². The molecule has 0 amide bonds. The van der Waals surface area contributed by atoms with Gasteiger partial charge in [0.15, 0.2) is 0 Å². The fourth-order valence-electron chi connectivity index (χ4n) is 2.11. The molecule has 19 heavy (non-hydrogen) atoms. The van der Waals surface area contributed by atoms with Crippen LogP contribution in [0.5, 0.6) is 0 Å². The third-order valence-electron chi connectivity index (χ3n) is 3.11. The molecule has 1 aliphatic heterocycles. The number of anilines is 2. The molecule has 1 saturated heterocycles. The van der Waals surface area contributed by atoms with Gasteiger partial charge in [-0.3, -0.25) is 0 Å². The molecule has 0 spiro atoms. The molecular formula is C12H15F3N2O2. The molecular weight excluding hydrogens is 261 g/mol. The lowest BCUT2D eigenvalue weighted by atomic mass is 10.1. The molecule has 1 heterocycles. The second-order valence-electron chi connectivity index (χ2n) is 4.37. The predicted octanol–water partition coefficient (Wildman–Crippen LogP) is 1.49. The summed E-state index contributed by atoms with van der Waals surface area (Å²) in [5.41, 5.74) is 4.60. The Morgan fingerprint density at radius 3 is 2.79 bits per heavy atom. The summed E-state index contributed by atoms with van der Waals surface area (Å²) in [4.78, 5) is 1.71. The average Bonchev–Trinajstić information content (AvgIpc) is 2.38. The number of hydrogen-bond donors (Lipinski definition) is 2. The van der Waals surface area contributed by atoms with Crippen LogP contribution in [0.3, 0.4) is 0 Å². The standard InChI is InChI=1S/C12H15F3N2O2/c13-12(14,15)10-5-8(1-2-11(10)16)17-3-4-19-7-9(17)6-18/h1-2,5,9,18H,3-4,6-7,16H2. The lowest BCUT2D eigenvalue weighted by molar-refractivity contribution is -0.136. The van der Waals surface area contributed by atoms with Gasteiger partial charge in [0.25, 0.3) is 0 Å². The van der Waals surface area contributed by atoms with E-state index in [1.807, 2.05) is 0 Å². The van der Waals surface area contributed by atoms with E-state index in [-0.39, 0.29) is 18.3 Å². The van der Waals surface area contributed by atoms with Crippen LogP contribution in [0, 0.1) is 0 Å². The highest BCUT2D eigenvalue weighted by molar-refractivity contribution is 5.60. The van der Waals surface area contributed by atoms with Gasteiger partial charge in [-0.1, -0.05) is 0 Å². The predicted molar refractivity (Wildman–Crippen MR) is 64.9 cm³/mol. The van der Waals surface area contributed by atoms with Crippen molar-refractivity contribution in [3.05, 3.63) is 23.8 Å². The topological polar surface area (TPSA) is 58.7 Å². The number of morpholine rings is 1. The quantitative estimate of drug-likeness (QED) is 0.803. The zero-order chi connectivity index (χ0) is 14.0. The lowest BCUT2D eigenvalue weighted by Crippen LogP contribution is -2.47. The van der Waals surface area contributed by atoms with Gasteiger partial charge in [0, 0.05) is 17.9 Å². The van der Waals surface area contributed by atoms with E-state index >= 15 is 0 Å². The summed E-state index contributed by atoms with van der Waals surface area (Å²) >= 11 is 0. The van der Waals surface area contributed by atoms with E-state index in [4.69, 9.17) is 10.5 Å². The fraction of sp³-hybridized carbons (Fsp3) is 0.500. The molecule has 3 N–H and O–H groups in total. The van der Waals surface area contributed by atoms with Crippen LogP contribution in [-0.2, 0) is 10.9 Å². The smallest absolute Gasteiger partial charge is 0.398 e. The van der Waals surface area contributed by atoms with E-state index in [1.54, 1.807) is 4.90 Å². The maximum absolute atomic E-state index is 12.8. The van der Waals surface area contributed by atoms with Gasteiger partial charge in [-0.05, 0) is 18.2 Å². The van der Waals surface area contributed by atoms with Crippen molar-refractivity contribution in [3.63, 3.8) is 0 Å². The number of hydrogen-bond acceptors (Lipinski definition) is 4. The zero-order valence-corrected chi connectivity index (χ0v) is 10.2. The van der Waals surface area contributed by atoms with Crippen molar-refractivity contribution in [2.45, 2.75) is 12.2 Å². The van der Waals surface area contributed by atoms with Gasteiger partial charge in [-0.2, -0.15) is 13.2 Å². The average molecular weight is 276 g/mol. The molecule has 2 rings (SSSR count). The van der Waals surface area contributed by atoms with Crippen molar-refractivity contribution >= 4 is 11.4 Å². The van der Waals surface area contributed by atoms with Crippen LogP contribution in [0.4, 0.5) is 24.5 Å². The van der Waals surface area contributed by atoms with Gasteiger partial charge in [-0.25, -0.2) is 0 Å². The molecule has 1 aromatic carbocycles. The summed E-state index contributed by atoms with van der Waals surface area (Å²) in [7, 11) is 0. The Bertz CT molecular complexity index is 451. The Morgan fingerprint density at radius 2 is 2.16 bits per heavy atom. The normalized spacial score (nSPS) is 20.6. The van der Waals surface area contributed by atoms with Gasteiger partial charge in [0.2, 0.25) is 0 Å². The van der Waals surface area contributed by atoms with Crippen LogP contribution in [0.25, 0.3) is 0 Å². The van der Waals surface area contributed by atoms with Crippen LogP contribution >= 0.6 is 0 Å². The molecule has 1 aliphatic rings. The molecule has 0 aliphatic carbocycles. The highest BCUT2D eigenvalue weighted by atomic mass is 19.4. The molecule has 1 aromatic rings. The molecule has 106 valence electrons. The van der Waals surface area contributed by atoms with Crippen LogP contribution in [0.15, 0.2) is 18.2 Å². The first-order valence-corrected chi connectivity index (χ1v) is 5.85. The monoisotopic (exact) mass is 276 g/mol. The van der Waals surface area contributed by atoms with Crippen molar-refractivity contribution in [1.82, 2.24) is 0 Å². The molecule has 4 nitrogen and oxygen atoms in total. The van der Waals surface area contributed by atoms with Gasteiger partial charge in [0.1, 0.15) is 0 Å². The first-order valence-electron chi connectivity index (χ1n) is 5.85. The number of rotatable bonds is 2. The molecule has 1 fully saturated rings. The highest BCUT2D eigenvalue weighted by Crippen LogP contribution is 2.36. The van der Waals surface area contributed by atoms with Crippen LogP contribution in [0.2, 0.25) is 0 Å². The Labute approximate surface area is 108 Å². The van der Waals surface area contributed by atoms with E-state index in [1.165, 1.54) is 12.1 Å². The van der Waals surface area contributed by atoms with Gasteiger partial charge in [0.05, 0.1) is 31.4 Å². The minimum atomic E-state index is -4.49. The zero-order valence-electron chi connectivity index (χ0n) is 10.2. The number of nitrogen functional groups attached to an aromatic ring is 1. The van der Waals surface area contributed by atoms with Crippen molar-refractivity contribution in [2.24, 2.45) is 0 Å². The number of halogens is 3. The minimum absolute atomic E-state index is 0.175. The van der Waals surface area contributed by atoms with Crippen molar-refractivity contribution in [3.8, 4) is 0 Å². The Kier molecular flexibility index (Phi) is 3.86. The summed E-state index contributed by atoms with van der Waals surface area (Å²) < 4.78 is 43.6. The third-order valence-corrected chi connectivity index (χ3v) is 3.11. The number of aliphatic hydroxyl groups excluding tert-OH is 1. The first kappa shape index (κ1) is 14.0. The highest BCUT2D eigenvalue weighted by Gasteiger charge is 2.34. The van der Waals surface area contributed by atoms with E-state index in [9.17, 15) is 18.3 Å². The van der Waals surface area contributed by atoms with Crippen molar-refractivity contribution in [1.29, 1.82) is 0 Å². The Hall–Kier alpha value is -1.47. The van der Waals surface area contributed by atoms with Crippen LogP contribution in [0.1, 0.15) is 5.56 Å². The summed E-state index contributed by atoms with van der Waals surface area (Å²) in [5, 5.41) is 9.24. The van der Waals surface area contributed by atoms with Gasteiger partial charge in [-0.15, -0.1) is 0 Å². The maximum atomic E-state index is 12.8. The largest absolute Gasteiger partial charge is 0.418 e. The fourth-order valence-corrected chi connectivity index (χ4v) is 2.11. The number of alkyl halides is 3. The van der Waals surface area contributed by atoms with E-state index in [2.05, 4.69) is 0 Å². The summed E-state index contributed by atoms with van der Waals surface area (Å²) in [6.45, 7) is 0.975. The first-order chi connectivity index (χ1) is 8.93. The Balaban J connectivity index is 2.34. The molecule has 1 atom stereocenters. The summed E-state index contributed by atoms with van der Waals surface area (Å²) in [5.74, 6) is 0. The third kappa shape index (κ3) is 2.93. The van der Waals surface area contributed by atoms with Crippen LogP contribution in [-0.4, -0.2) is 37.5 Å². The van der Waals surface area contributed by atoms with Crippen molar-refractivity contribution in [2.75, 3.05) is 37.0 Å².